The van der Waals surface area contributed by atoms with E-state index >= 15 is 0 Å². The molecule has 0 atom stereocenters. The van der Waals surface area contributed by atoms with E-state index in [-0.39, 0.29) is 12.5 Å². The first kappa shape index (κ1) is 17.4. The topological polar surface area (TPSA) is 76.1 Å². The zero-order valence-corrected chi connectivity index (χ0v) is 14.7. The molecule has 0 aliphatic carbocycles. The summed E-state index contributed by atoms with van der Waals surface area (Å²) < 4.78 is 5.39. The van der Waals surface area contributed by atoms with Crippen LogP contribution in [-0.4, -0.2) is 22.7 Å². The van der Waals surface area contributed by atoms with Crippen molar-refractivity contribution in [2.45, 2.75) is 13.8 Å². The predicted molar refractivity (Wildman–Crippen MR) is 102 cm³/mol. The van der Waals surface area contributed by atoms with Crippen molar-refractivity contribution in [2.24, 2.45) is 0 Å². The SMILES string of the molecule is Cc1ccc(Nc2ccc(NC(=O)COc3ccccc3)nn2)cc1C. The van der Waals surface area contributed by atoms with Crippen LogP contribution in [0.4, 0.5) is 17.3 Å². The van der Waals surface area contributed by atoms with Crippen molar-refractivity contribution in [3.05, 3.63) is 71.8 Å². The summed E-state index contributed by atoms with van der Waals surface area (Å²) in [5, 5.41) is 13.9. The summed E-state index contributed by atoms with van der Waals surface area (Å²) in [6.07, 6.45) is 0. The van der Waals surface area contributed by atoms with E-state index in [4.69, 9.17) is 4.74 Å². The largest absolute Gasteiger partial charge is 0.484 e. The molecule has 1 aromatic heterocycles. The van der Waals surface area contributed by atoms with Crippen LogP contribution in [0.15, 0.2) is 60.7 Å². The summed E-state index contributed by atoms with van der Waals surface area (Å²) in [4.78, 5) is 11.9. The minimum atomic E-state index is -0.293. The second kappa shape index (κ2) is 8.11. The van der Waals surface area contributed by atoms with E-state index in [1.807, 2.05) is 36.4 Å². The van der Waals surface area contributed by atoms with Gasteiger partial charge in [0, 0.05) is 5.69 Å². The number of hydrogen-bond donors (Lipinski definition) is 2. The van der Waals surface area contributed by atoms with Crippen molar-refractivity contribution in [2.75, 3.05) is 17.2 Å². The van der Waals surface area contributed by atoms with Crippen molar-refractivity contribution in [1.29, 1.82) is 0 Å². The van der Waals surface area contributed by atoms with E-state index in [1.54, 1.807) is 24.3 Å². The Hall–Kier alpha value is -3.41. The van der Waals surface area contributed by atoms with E-state index < -0.39 is 0 Å². The molecule has 0 aliphatic heterocycles. The van der Waals surface area contributed by atoms with Gasteiger partial charge in [0.15, 0.2) is 18.2 Å². The lowest BCUT2D eigenvalue weighted by molar-refractivity contribution is -0.118. The fourth-order valence-corrected chi connectivity index (χ4v) is 2.28. The summed E-state index contributed by atoms with van der Waals surface area (Å²) in [5.41, 5.74) is 3.37. The Morgan fingerprint density at radius 1 is 0.923 bits per heavy atom. The first-order valence-electron chi connectivity index (χ1n) is 8.26. The number of aromatic nitrogens is 2. The Morgan fingerprint density at radius 2 is 1.65 bits per heavy atom. The van der Waals surface area contributed by atoms with Gasteiger partial charge in [0.05, 0.1) is 0 Å². The number of carbonyl (C=O) groups excluding carboxylic acids is 1. The molecule has 0 fully saturated rings. The van der Waals surface area contributed by atoms with Crippen LogP contribution in [0.1, 0.15) is 11.1 Å². The number of benzene rings is 2. The summed E-state index contributed by atoms with van der Waals surface area (Å²) >= 11 is 0. The van der Waals surface area contributed by atoms with Gasteiger partial charge in [-0.15, -0.1) is 10.2 Å². The molecule has 26 heavy (non-hydrogen) atoms. The van der Waals surface area contributed by atoms with Gasteiger partial charge in [-0.1, -0.05) is 24.3 Å². The molecule has 132 valence electrons. The molecule has 0 saturated heterocycles. The maximum Gasteiger partial charge on any atom is 0.263 e. The fourth-order valence-electron chi connectivity index (χ4n) is 2.28. The molecular weight excluding hydrogens is 328 g/mol. The number of para-hydroxylation sites is 1. The van der Waals surface area contributed by atoms with Gasteiger partial charge in [0.1, 0.15) is 5.75 Å². The van der Waals surface area contributed by atoms with Crippen LogP contribution in [0.2, 0.25) is 0 Å². The summed E-state index contributed by atoms with van der Waals surface area (Å²) in [6, 6.07) is 18.7. The fraction of sp³-hybridized carbons (Fsp3) is 0.150. The van der Waals surface area contributed by atoms with E-state index in [1.165, 1.54) is 11.1 Å². The quantitative estimate of drug-likeness (QED) is 0.707. The van der Waals surface area contributed by atoms with Gasteiger partial charge in [0.2, 0.25) is 0 Å². The lowest BCUT2D eigenvalue weighted by Crippen LogP contribution is -2.21. The summed E-state index contributed by atoms with van der Waals surface area (Å²) in [6.45, 7) is 4.04. The van der Waals surface area contributed by atoms with Crippen LogP contribution >= 0.6 is 0 Å². The number of nitrogens with one attached hydrogen (secondary N) is 2. The summed E-state index contributed by atoms with van der Waals surface area (Å²) in [5.74, 6) is 1.32. The Kier molecular flexibility index (Phi) is 5.43. The van der Waals surface area contributed by atoms with Crippen molar-refractivity contribution in [3.63, 3.8) is 0 Å². The third kappa shape index (κ3) is 4.80. The highest BCUT2D eigenvalue weighted by Crippen LogP contribution is 2.18. The van der Waals surface area contributed by atoms with Crippen LogP contribution in [0.25, 0.3) is 0 Å². The molecule has 0 bridgehead atoms. The Labute approximate surface area is 152 Å². The molecule has 2 N–H and O–H groups in total. The van der Waals surface area contributed by atoms with Crippen molar-refractivity contribution in [3.8, 4) is 5.75 Å². The van der Waals surface area contributed by atoms with E-state index in [9.17, 15) is 4.79 Å². The van der Waals surface area contributed by atoms with Gasteiger partial charge < -0.3 is 15.4 Å². The highest BCUT2D eigenvalue weighted by Gasteiger charge is 2.06. The number of aryl methyl sites for hydroxylation is 2. The maximum atomic E-state index is 11.9. The zero-order chi connectivity index (χ0) is 18.4. The lowest BCUT2D eigenvalue weighted by Gasteiger charge is -2.09. The zero-order valence-electron chi connectivity index (χ0n) is 14.7. The van der Waals surface area contributed by atoms with Gasteiger partial charge in [-0.05, 0) is 61.4 Å². The minimum Gasteiger partial charge on any atom is -0.484 e. The molecule has 0 aliphatic rings. The normalized spacial score (nSPS) is 10.2. The van der Waals surface area contributed by atoms with Crippen LogP contribution in [0, 0.1) is 13.8 Å². The molecule has 0 radical (unpaired) electrons. The van der Waals surface area contributed by atoms with Crippen molar-refractivity contribution in [1.82, 2.24) is 10.2 Å². The molecule has 0 saturated carbocycles. The molecule has 6 heteroatoms. The third-order valence-electron chi connectivity index (χ3n) is 3.82. The molecule has 1 heterocycles. The molecule has 3 aromatic rings. The Bertz CT molecular complexity index is 880. The lowest BCUT2D eigenvalue weighted by atomic mass is 10.1. The van der Waals surface area contributed by atoms with Crippen molar-refractivity contribution < 1.29 is 9.53 Å². The number of rotatable bonds is 6. The molecule has 1 amide bonds. The standard InChI is InChI=1S/C20H20N4O2/c1-14-8-9-16(12-15(14)2)21-18-10-11-19(24-23-18)22-20(25)13-26-17-6-4-3-5-7-17/h3-12H,13H2,1-2H3,(H,21,23)(H,22,24,25). The monoisotopic (exact) mass is 348 g/mol. The van der Waals surface area contributed by atoms with E-state index in [0.717, 1.165) is 5.69 Å². The van der Waals surface area contributed by atoms with Crippen LogP contribution in [-0.2, 0) is 4.79 Å². The highest BCUT2D eigenvalue weighted by molar-refractivity contribution is 5.90. The van der Waals surface area contributed by atoms with Gasteiger partial charge in [0.25, 0.3) is 5.91 Å². The number of anilines is 3. The van der Waals surface area contributed by atoms with Gasteiger partial charge in [-0.3, -0.25) is 4.79 Å². The molecule has 2 aromatic carbocycles. The van der Waals surface area contributed by atoms with Gasteiger partial charge in [-0.25, -0.2) is 0 Å². The van der Waals surface area contributed by atoms with Crippen LogP contribution < -0.4 is 15.4 Å². The number of ether oxygens (including phenoxy) is 1. The second-order valence-corrected chi connectivity index (χ2v) is 5.88. The molecule has 0 unspecified atom stereocenters. The third-order valence-corrected chi connectivity index (χ3v) is 3.82. The van der Waals surface area contributed by atoms with Gasteiger partial charge in [-0.2, -0.15) is 0 Å². The average molecular weight is 348 g/mol. The van der Waals surface area contributed by atoms with E-state index in [2.05, 4.69) is 34.7 Å². The Balaban J connectivity index is 1.53. The number of nitrogens with zero attached hydrogens (tertiary/aromatic N) is 2. The minimum absolute atomic E-state index is 0.0890. The van der Waals surface area contributed by atoms with E-state index in [0.29, 0.717) is 17.4 Å². The first-order chi connectivity index (χ1) is 12.6. The summed E-state index contributed by atoms with van der Waals surface area (Å²) in [7, 11) is 0. The second-order valence-electron chi connectivity index (χ2n) is 5.88. The highest BCUT2D eigenvalue weighted by atomic mass is 16.5. The Morgan fingerprint density at radius 3 is 2.35 bits per heavy atom. The molecule has 0 spiro atoms. The number of carbonyl (C=O) groups is 1. The molecular formula is C20H20N4O2. The average Bonchev–Trinajstić information content (AvgIpc) is 2.65. The first-order valence-corrected chi connectivity index (χ1v) is 8.26. The number of hydrogen-bond acceptors (Lipinski definition) is 5. The molecule has 6 nitrogen and oxygen atoms in total. The number of amides is 1. The van der Waals surface area contributed by atoms with Crippen LogP contribution in [0.3, 0.4) is 0 Å². The van der Waals surface area contributed by atoms with Crippen LogP contribution in [0.5, 0.6) is 5.75 Å². The molecule has 3 rings (SSSR count). The maximum absolute atomic E-state index is 11.9. The van der Waals surface area contributed by atoms with Crippen molar-refractivity contribution >= 4 is 23.2 Å². The predicted octanol–water partition coefficient (Wildman–Crippen LogP) is 3.85. The smallest absolute Gasteiger partial charge is 0.263 e. The van der Waals surface area contributed by atoms with Gasteiger partial charge >= 0.3 is 0 Å².